The number of hydrogen-bond acceptors (Lipinski definition) is 4. The van der Waals surface area contributed by atoms with Gasteiger partial charge in [0.25, 0.3) is 0 Å². The number of rotatable bonds is 10. The van der Waals surface area contributed by atoms with Crippen LogP contribution in [0, 0.1) is 6.92 Å². The van der Waals surface area contributed by atoms with E-state index in [9.17, 15) is 9.36 Å². The second-order valence-electron chi connectivity index (χ2n) is 7.32. The van der Waals surface area contributed by atoms with Gasteiger partial charge in [-0.25, -0.2) is 5.09 Å². The summed E-state index contributed by atoms with van der Waals surface area (Å²) in [6.07, 6.45) is 2.87. The van der Waals surface area contributed by atoms with Crippen LogP contribution in [0.5, 0.6) is 5.75 Å². The molecular formula is C25H36NO4P. The van der Waals surface area contributed by atoms with Crippen LogP contribution in [0.3, 0.4) is 0 Å². The second-order valence-corrected chi connectivity index (χ2v) is 9.55. The third kappa shape index (κ3) is 10.5. The van der Waals surface area contributed by atoms with E-state index in [0.717, 1.165) is 16.7 Å². The van der Waals surface area contributed by atoms with E-state index >= 15 is 0 Å². The minimum Gasteiger partial charge on any atom is -0.460 e. The van der Waals surface area contributed by atoms with Gasteiger partial charge in [-0.1, -0.05) is 73.5 Å². The maximum atomic E-state index is 13.5. The van der Waals surface area contributed by atoms with Gasteiger partial charge in [-0.2, -0.15) is 0 Å². The highest BCUT2D eigenvalue weighted by Crippen LogP contribution is 2.44. The summed E-state index contributed by atoms with van der Waals surface area (Å²) in [5, 5.41) is 2.90. The van der Waals surface area contributed by atoms with Crippen LogP contribution >= 0.6 is 7.52 Å². The van der Waals surface area contributed by atoms with Gasteiger partial charge < -0.3 is 9.26 Å². The van der Waals surface area contributed by atoms with Crippen LogP contribution in [0.25, 0.3) is 0 Å². The van der Waals surface area contributed by atoms with Gasteiger partial charge in [0.15, 0.2) is 0 Å². The largest absolute Gasteiger partial charge is 0.460 e. The van der Waals surface area contributed by atoms with Crippen molar-refractivity contribution in [3.63, 3.8) is 0 Å². The quantitative estimate of drug-likeness (QED) is 0.251. The molecule has 0 aliphatic heterocycles. The number of benzene rings is 2. The number of carbonyl (C=O) groups is 1. The molecular weight excluding hydrogens is 409 g/mol. The number of nitrogens with one attached hydrogen (secondary N) is 1. The molecule has 0 aromatic heterocycles. The fourth-order valence-electron chi connectivity index (χ4n) is 2.63. The zero-order chi connectivity index (χ0) is 23.3. The van der Waals surface area contributed by atoms with Crippen LogP contribution < -0.4 is 9.61 Å². The number of esters is 1. The molecule has 2 aromatic rings. The van der Waals surface area contributed by atoms with Gasteiger partial charge in [-0.15, -0.1) is 0 Å². The van der Waals surface area contributed by atoms with Crippen LogP contribution in [-0.2, 0) is 20.7 Å². The Bertz CT molecular complexity index is 859. The Balaban J connectivity index is 0.00000233. The lowest BCUT2D eigenvalue weighted by molar-refractivity contribution is -0.146. The molecule has 0 radical (unpaired) electrons. The maximum absolute atomic E-state index is 13.5. The second kappa shape index (κ2) is 13.8. The van der Waals surface area contributed by atoms with Gasteiger partial charge in [-0.05, 0) is 51.8 Å². The predicted molar refractivity (Wildman–Crippen MR) is 129 cm³/mol. The summed E-state index contributed by atoms with van der Waals surface area (Å²) in [6.45, 7) is 11.8. The van der Waals surface area contributed by atoms with Crippen molar-refractivity contribution in [1.82, 2.24) is 5.09 Å². The van der Waals surface area contributed by atoms with Gasteiger partial charge in [0.05, 0.1) is 6.16 Å². The van der Waals surface area contributed by atoms with Crippen molar-refractivity contribution >= 4 is 13.5 Å². The Hall–Kier alpha value is -2.36. The first-order valence-corrected chi connectivity index (χ1v) is 12.6. The molecule has 2 atom stereocenters. The number of aryl methyl sites for hydroxylation is 1. The van der Waals surface area contributed by atoms with E-state index in [1.807, 2.05) is 83.2 Å². The Kier molecular flexibility index (Phi) is 11.9. The zero-order valence-corrected chi connectivity index (χ0v) is 20.4. The lowest BCUT2D eigenvalue weighted by atomic mass is 10.2. The molecule has 0 bridgehead atoms. The normalized spacial score (nSPS) is 13.1. The molecule has 0 saturated heterocycles. The molecule has 5 nitrogen and oxygen atoms in total. The molecule has 1 N–H and O–H groups in total. The lowest BCUT2D eigenvalue weighted by Gasteiger charge is -2.23. The van der Waals surface area contributed by atoms with E-state index in [4.69, 9.17) is 9.26 Å². The Morgan fingerprint density at radius 2 is 1.68 bits per heavy atom. The standard InChI is InChI=1S/C23H30NO4P.C2H6/c1-18(2)9-8-16-29(26,28-22-14-12-19(3)13-15-22)24-20(4)23(25)27-17-21-10-6-5-7-11-21;1-2/h5-7,9-15,20H,8,16-17H2,1-4H3,(H,24,26);1-2H3. The topological polar surface area (TPSA) is 64.6 Å². The molecule has 0 fully saturated rings. The summed E-state index contributed by atoms with van der Waals surface area (Å²) in [7, 11) is -3.31. The molecule has 0 amide bonds. The first-order valence-electron chi connectivity index (χ1n) is 10.7. The first kappa shape index (κ1) is 26.7. The van der Waals surface area contributed by atoms with E-state index in [1.165, 1.54) is 0 Å². The van der Waals surface area contributed by atoms with Crippen LogP contribution in [0.4, 0.5) is 0 Å². The van der Waals surface area contributed by atoms with Gasteiger partial charge >= 0.3 is 13.5 Å². The van der Waals surface area contributed by atoms with E-state index in [0.29, 0.717) is 12.2 Å². The fraction of sp³-hybridized carbons (Fsp3) is 0.400. The van der Waals surface area contributed by atoms with Crippen molar-refractivity contribution in [2.45, 2.75) is 60.6 Å². The van der Waals surface area contributed by atoms with Crippen molar-refractivity contribution < 1.29 is 18.6 Å². The highest BCUT2D eigenvalue weighted by molar-refractivity contribution is 7.57. The van der Waals surface area contributed by atoms with Gasteiger partial charge in [0.2, 0.25) is 0 Å². The molecule has 170 valence electrons. The Morgan fingerprint density at radius 1 is 1.06 bits per heavy atom. The summed E-state index contributed by atoms with van der Waals surface area (Å²) in [5.74, 6) is 0.0392. The summed E-state index contributed by atoms with van der Waals surface area (Å²) >= 11 is 0. The highest BCUT2D eigenvalue weighted by atomic mass is 31.2. The van der Waals surface area contributed by atoms with Crippen molar-refractivity contribution in [3.8, 4) is 5.75 Å². The van der Waals surface area contributed by atoms with Gasteiger partial charge in [-0.3, -0.25) is 9.36 Å². The zero-order valence-electron chi connectivity index (χ0n) is 19.6. The Morgan fingerprint density at radius 3 is 2.26 bits per heavy atom. The monoisotopic (exact) mass is 445 g/mol. The van der Waals surface area contributed by atoms with E-state index in [1.54, 1.807) is 19.1 Å². The summed E-state index contributed by atoms with van der Waals surface area (Å²) in [5.41, 5.74) is 3.13. The van der Waals surface area contributed by atoms with Crippen molar-refractivity contribution in [3.05, 3.63) is 77.4 Å². The predicted octanol–water partition coefficient (Wildman–Crippen LogP) is 6.67. The number of carbonyl (C=O) groups excluding carboxylic acids is 1. The lowest BCUT2D eigenvalue weighted by Crippen LogP contribution is -2.35. The SMILES string of the molecule is CC.CC(C)=CCCP(=O)(NC(C)C(=O)OCc1ccccc1)Oc1ccc(C)cc1. The van der Waals surface area contributed by atoms with Crippen molar-refractivity contribution in [2.24, 2.45) is 0 Å². The number of hydrogen-bond donors (Lipinski definition) is 1. The van der Waals surface area contributed by atoms with Crippen LogP contribution in [0.15, 0.2) is 66.2 Å². The molecule has 0 aliphatic carbocycles. The first-order chi connectivity index (χ1) is 14.8. The number of ether oxygens (including phenoxy) is 1. The third-order valence-corrected chi connectivity index (χ3v) is 6.35. The summed E-state index contributed by atoms with van der Waals surface area (Å²) in [6, 6.07) is 16.0. The smallest absolute Gasteiger partial charge is 0.323 e. The van der Waals surface area contributed by atoms with Crippen molar-refractivity contribution in [2.75, 3.05) is 6.16 Å². The Labute approximate surface area is 187 Å². The van der Waals surface area contributed by atoms with E-state index in [2.05, 4.69) is 5.09 Å². The van der Waals surface area contributed by atoms with E-state index in [-0.39, 0.29) is 12.8 Å². The van der Waals surface area contributed by atoms with Crippen LogP contribution in [-0.4, -0.2) is 18.2 Å². The fourth-order valence-corrected chi connectivity index (χ4v) is 4.53. The van der Waals surface area contributed by atoms with Crippen molar-refractivity contribution in [1.29, 1.82) is 0 Å². The molecule has 0 aliphatic rings. The molecule has 2 unspecified atom stereocenters. The van der Waals surface area contributed by atoms with Gasteiger partial charge in [0.1, 0.15) is 18.4 Å². The molecule has 6 heteroatoms. The van der Waals surface area contributed by atoms with Crippen LogP contribution in [0.1, 0.15) is 52.2 Å². The third-order valence-electron chi connectivity index (χ3n) is 4.22. The average molecular weight is 446 g/mol. The molecule has 0 saturated carbocycles. The van der Waals surface area contributed by atoms with E-state index < -0.39 is 19.5 Å². The van der Waals surface area contributed by atoms with Gasteiger partial charge in [0, 0.05) is 0 Å². The average Bonchev–Trinajstić information content (AvgIpc) is 2.75. The maximum Gasteiger partial charge on any atom is 0.323 e. The molecule has 0 heterocycles. The molecule has 0 spiro atoms. The molecule has 31 heavy (non-hydrogen) atoms. The summed E-state index contributed by atoms with van der Waals surface area (Å²) < 4.78 is 24.7. The summed E-state index contributed by atoms with van der Waals surface area (Å²) in [4.78, 5) is 12.4. The minimum absolute atomic E-state index is 0.173. The number of allylic oxidation sites excluding steroid dienone is 2. The molecule has 2 rings (SSSR count). The molecule has 2 aromatic carbocycles. The minimum atomic E-state index is -3.31. The van der Waals surface area contributed by atoms with Crippen LogP contribution in [0.2, 0.25) is 0 Å². The highest BCUT2D eigenvalue weighted by Gasteiger charge is 2.29.